The largest absolute Gasteiger partial charge is 0.414 e. The van der Waals surface area contributed by atoms with Crippen molar-refractivity contribution in [3.8, 4) is 0 Å². The van der Waals surface area contributed by atoms with Crippen molar-refractivity contribution >= 4 is 0 Å². The highest BCUT2D eigenvalue weighted by molar-refractivity contribution is 4.74. The summed E-state index contributed by atoms with van der Waals surface area (Å²) in [6.07, 6.45) is -18.4. The smallest absolute Gasteiger partial charge is 0.384 e. The van der Waals surface area contributed by atoms with Gasteiger partial charge in [-0.25, -0.2) is 0 Å². The minimum Gasteiger partial charge on any atom is -0.384 e. The zero-order chi connectivity index (χ0) is 10.9. The molecule has 1 unspecified atom stereocenters. The van der Waals surface area contributed by atoms with Crippen LogP contribution in [0.2, 0.25) is 0 Å². The second-order valence-corrected chi connectivity index (χ2v) is 2.35. The topological polar surface area (TPSA) is 40.5 Å². The molecule has 0 saturated heterocycles. The summed E-state index contributed by atoms with van der Waals surface area (Å²) < 4.78 is 68.8. The summed E-state index contributed by atoms with van der Waals surface area (Å²) in [4.78, 5) is 0. The van der Waals surface area contributed by atoms with Crippen LogP contribution < -0.4 is 0 Å². The number of halogens is 6. The van der Waals surface area contributed by atoms with Crippen molar-refractivity contribution < 1.29 is 36.6 Å². The van der Waals surface area contributed by atoms with E-state index in [1.165, 1.54) is 0 Å². The Morgan fingerprint density at radius 3 is 1.15 bits per heavy atom. The van der Waals surface area contributed by atoms with Gasteiger partial charge in [0.1, 0.15) is 0 Å². The quantitative estimate of drug-likeness (QED) is 0.675. The molecule has 0 aromatic heterocycles. The van der Waals surface area contributed by atoms with Gasteiger partial charge >= 0.3 is 12.4 Å². The molecule has 0 radical (unpaired) electrons. The average Bonchev–Trinajstić information content (AvgIpc) is 1.82. The molecule has 0 aliphatic carbocycles. The molecule has 0 fully saturated rings. The fourth-order valence-corrected chi connectivity index (χ4v) is 0.479. The Kier molecular flexibility index (Phi) is 3.56. The molecule has 0 aromatic carbocycles. The number of alkyl halides is 6. The Morgan fingerprint density at radius 2 is 1.00 bits per heavy atom. The first-order chi connectivity index (χ1) is 5.55. The van der Waals surface area contributed by atoms with E-state index < -0.39 is 31.0 Å². The van der Waals surface area contributed by atoms with E-state index in [1.54, 1.807) is 0 Å². The molecule has 80 valence electrons. The lowest BCUT2D eigenvalue weighted by atomic mass is 10.1. The Morgan fingerprint density at radius 1 is 0.769 bits per heavy atom. The maximum Gasteiger partial charge on any atom is 0.414 e. The third kappa shape index (κ3) is 4.32. The highest BCUT2D eigenvalue weighted by atomic mass is 19.4. The summed E-state index contributed by atoms with van der Waals surface area (Å²) in [7, 11) is 0. The van der Waals surface area contributed by atoms with Gasteiger partial charge in [0.15, 0.2) is 12.2 Å². The van der Waals surface area contributed by atoms with Gasteiger partial charge in [-0.15, -0.1) is 0 Å². The van der Waals surface area contributed by atoms with E-state index in [4.69, 9.17) is 10.2 Å². The van der Waals surface area contributed by atoms with Crippen molar-refractivity contribution in [3.05, 3.63) is 0 Å². The second kappa shape index (κ2) is 3.70. The van der Waals surface area contributed by atoms with Crippen molar-refractivity contribution in [2.45, 2.75) is 31.0 Å². The van der Waals surface area contributed by atoms with Gasteiger partial charge in [-0.05, 0) is 0 Å². The lowest BCUT2D eigenvalue weighted by Crippen LogP contribution is -2.38. The molecule has 8 heteroatoms. The van der Waals surface area contributed by atoms with E-state index in [1.807, 2.05) is 0 Å². The number of rotatable bonds is 2. The normalized spacial score (nSPS) is 18.5. The highest BCUT2D eigenvalue weighted by Gasteiger charge is 2.46. The molecule has 0 saturated carbocycles. The molecule has 0 bridgehead atoms. The summed E-state index contributed by atoms with van der Waals surface area (Å²) in [5.74, 6) is 0. The Balaban J connectivity index is 4.15. The number of aliphatic hydroxyl groups is 2. The van der Waals surface area contributed by atoms with Crippen molar-refractivity contribution in [1.29, 1.82) is 0 Å². The Hall–Kier alpha value is -0.500. The van der Waals surface area contributed by atoms with Gasteiger partial charge in [0.25, 0.3) is 0 Å². The SMILES string of the molecule is OC(C[C@H](O)C(F)(F)F)C(F)(F)F. The van der Waals surface area contributed by atoms with Gasteiger partial charge in [0.05, 0.1) is 0 Å². The van der Waals surface area contributed by atoms with Crippen molar-refractivity contribution in [2.24, 2.45) is 0 Å². The van der Waals surface area contributed by atoms with Crippen molar-refractivity contribution in [3.63, 3.8) is 0 Å². The van der Waals surface area contributed by atoms with Crippen LogP contribution in [-0.2, 0) is 0 Å². The molecule has 0 heterocycles. The van der Waals surface area contributed by atoms with Gasteiger partial charge in [0, 0.05) is 6.42 Å². The number of aliphatic hydroxyl groups excluding tert-OH is 2. The third-order valence-corrected chi connectivity index (χ3v) is 1.20. The molecule has 2 nitrogen and oxygen atoms in total. The molecule has 2 N–H and O–H groups in total. The molecule has 0 aromatic rings. The van der Waals surface area contributed by atoms with Crippen LogP contribution in [0.5, 0.6) is 0 Å². The fourth-order valence-electron chi connectivity index (χ4n) is 0.479. The molecule has 0 aliphatic heterocycles. The molecule has 0 rings (SSSR count). The van der Waals surface area contributed by atoms with Crippen LogP contribution in [0.4, 0.5) is 26.3 Å². The molecule has 13 heavy (non-hydrogen) atoms. The van der Waals surface area contributed by atoms with Crippen LogP contribution in [-0.4, -0.2) is 34.8 Å². The minimum absolute atomic E-state index is 1.80. The molecule has 2 atom stereocenters. The minimum atomic E-state index is -5.15. The van der Waals surface area contributed by atoms with E-state index in [0.717, 1.165) is 0 Å². The molecule has 0 amide bonds. The highest BCUT2D eigenvalue weighted by Crippen LogP contribution is 2.29. The van der Waals surface area contributed by atoms with Crippen LogP contribution >= 0.6 is 0 Å². The monoisotopic (exact) mass is 212 g/mol. The average molecular weight is 212 g/mol. The lowest BCUT2D eigenvalue weighted by molar-refractivity contribution is -0.244. The van der Waals surface area contributed by atoms with Crippen LogP contribution in [0, 0.1) is 0 Å². The van der Waals surface area contributed by atoms with E-state index in [-0.39, 0.29) is 0 Å². The first kappa shape index (κ1) is 12.5. The summed E-state index contributed by atoms with van der Waals surface area (Å²) in [5.41, 5.74) is 0. The zero-order valence-electron chi connectivity index (χ0n) is 6.02. The lowest BCUT2D eigenvalue weighted by Gasteiger charge is -2.19. The predicted octanol–water partition coefficient (Wildman–Crippen LogP) is 1.22. The Labute approximate surface area is 68.8 Å². The second-order valence-electron chi connectivity index (χ2n) is 2.35. The maximum absolute atomic E-state index is 11.5. The molecular weight excluding hydrogens is 206 g/mol. The van der Waals surface area contributed by atoms with E-state index in [2.05, 4.69) is 0 Å². The molecule has 0 aliphatic rings. The van der Waals surface area contributed by atoms with Gasteiger partial charge in [0.2, 0.25) is 0 Å². The van der Waals surface area contributed by atoms with Crippen LogP contribution in [0.1, 0.15) is 6.42 Å². The van der Waals surface area contributed by atoms with Crippen LogP contribution in [0.3, 0.4) is 0 Å². The van der Waals surface area contributed by atoms with Crippen molar-refractivity contribution in [1.82, 2.24) is 0 Å². The van der Waals surface area contributed by atoms with Crippen LogP contribution in [0.15, 0.2) is 0 Å². The van der Waals surface area contributed by atoms with E-state index >= 15 is 0 Å². The zero-order valence-corrected chi connectivity index (χ0v) is 6.02. The standard InChI is InChI=1S/C5H6F6O2/c6-4(7,8)2(12)1-3(13)5(9,10)11/h2-3,12-13H,1H2/t2-,3?/m0/s1. The first-order valence-electron chi connectivity index (χ1n) is 3.04. The first-order valence-corrected chi connectivity index (χ1v) is 3.04. The third-order valence-electron chi connectivity index (χ3n) is 1.20. The fraction of sp³-hybridized carbons (Fsp3) is 1.00. The van der Waals surface area contributed by atoms with Gasteiger partial charge in [-0.2, -0.15) is 26.3 Å². The van der Waals surface area contributed by atoms with Gasteiger partial charge < -0.3 is 10.2 Å². The maximum atomic E-state index is 11.5. The number of hydrogen-bond acceptors (Lipinski definition) is 2. The predicted molar refractivity (Wildman–Crippen MR) is 28.7 cm³/mol. The van der Waals surface area contributed by atoms with E-state index in [0.29, 0.717) is 0 Å². The Bertz CT molecular complexity index is 143. The van der Waals surface area contributed by atoms with E-state index in [9.17, 15) is 26.3 Å². The van der Waals surface area contributed by atoms with Gasteiger partial charge in [-0.3, -0.25) is 0 Å². The summed E-state index contributed by atoms with van der Waals surface area (Å²) in [6.45, 7) is 0. The summed E-state index contributed by atoms with van der Waals surface area (Å²) in [5, 5.41) is 16.3. The van der Waals surface area contributed by atoms with Gasteiger partial charge in [-0.1, -0.05) is 0 Å². The molecule has 0 spiro atoms. The van der Waals surface area contributed by atoms with Crippen molar-refractivity contribution in [2.75, 3.05) is 0 Å². The number of hydrogen-bond donors (Lipinski definition) is 2. The molecular formula is C5H6F6O2. The summed E-state index contributed by atoms with van der Waals surface area (Å²) in [6, 6.07) is 0. The summed E-state index contributed by atoms with van der Waals surface area (Å²) >= 11 is 0. The van der Waals surface area contributed by atoms with Crippen LogP contribution in [0.25, 0.3) is 0 Å².